The molecule has 45 heavy (non-hydrogen) atoms. The van der Waals surface area contributed by atoms with Gasteiger partial charge in [-0.15, -0.1) is 24.8 Å². The molecule has 2 aliphatic carbocycles. The van der Waals surface area contributed by atoms with Gasteiger partial charge in [0.15, 0.2) is 0 Å². The molecule has 2 unspecified atom stereocenters. The smallest absolute Gasteiger partial charge is 0.147 e. The molecule has 1 heterocycles. The van der Waals surface area contributed by atoms with Crippen LogP contribution >= 0.6 is 24.8 Å². The third kappa shape index (κ3) is 5.90. The molecule has 0 saturated carbocycles. The molecule has 0 bridgehead atoms. The summed E-state index contributed by atoms with van der Waals surface area (Å²) in [6.45, 7) is 21.2. The van der Waals surface area contributed by atoms with Crippen molar-refractivity contribution in [2.75, 3.05) is 4.90 Å². The predicted octanol–water partition coefficient (Wildman–Crippen LogP) is 11.2. The van der Waals surface area contributed by atoms with Crippen LogP contribution in [0.2, 0.25) is 9.26 Å². The summed E-state index contributed by atoms with van der Waals surface area (Å²) >= 11 is -3.74. The van der Waals surface area contributed by atoms with Crippen molar-refractivity contribution in [3.63, 3.8) is 0 Å². The maximum Gasteiger partial charge on any atom is -0.147 e. The van der Waals surface area contributed by atoms with Crippen LogP contribution in [0.4, 0.5) is 5.69 Å². The van der Waals surface area contributed by atoms with Crippen molar-refractivity contribution in [2.45, 2.75) is 79.7 Å². The van der Waals surface area contributed by atoms with E-state index < -0.39 is 17.4 Å². The van der Waals surface area contributed by atoms with Gasteiger partial charge in [0.2, 0.25) is 0 Å². The minimum Gasteiger partial charge on any atom is -0.147 e. The molecule has 5 heteroatoms. The zero-order valence-corrected chi connectivity index (χ0v) is 34.3. The van der Waals surface area contributed by atoms with Gasteiger partial charge in [-0.2, -0.15) is 0 Å². The fraction of sp³-hybridized carbons (Fsp3) is 0.350. The molecule has 6 rings (SSSR count). The third-order valence-electron chi connectivity index (χ3n) is 10.3. The molecule has 238 valence electrons. The zero-order chi connectivity index (χ0) is 31.1. The van der Waals surface area contributed by atoms with Crippen molar-refractivity contribution in [3.8, 4) is 11.1 Å². The Kier molecular flexibility index (Phi) is 9.81. The van der Waals surface area contributed by atoms with E-state index in [4.69, 9.17) is 0 Å². The summed E-state index contributed by atoms with van der Waals surface area (Å²) in [4.78, 5) is 2.56. The average Bonchev–Trinajstić information content (AvgIpc) is 3.58. The van der Waals surface area contributed by atoms with Crippen LogP contribution in [0.3, 0.4) is 0 Å². The van der Waals surface area contributed by atoms with Crippen molar-refractivity contribution < 1.29 is 17.4 Å². The van der Waals surface area contributed by atoms with Crippen molar-refractivity contribution in [3.05, 3.63) is 127 Å². The first-order valence-electron chi connectivity index (χ1n) is 16.1. The van der Waals surface area contributed by atoms with Gasteiger partial charge in [-0.25, -0.2) is 0 Å². The minimum absolute atomic E-state index is 0. The van der Waals surface area contributed by atoms with E-state index in [0.29, 0.717) is 15.6 Å². The molecule has 3 aromatic carbocycles. The molecule has 3 aliphatic rings. The van der Waals surface area contributed by atoms with Crippen molar-refractivity contribution >= 4 is 43.5 Å². The van der Waals surface area contributed by atoms with Crippen LogP contribution in [0.25, 0.3) is 17.2 Å². The van der Waals surface area contributed by atoms with Gasteiger partial charge in [-0.05, 0) is 0 Å². The molecule has 0 amide bonds. The summed E-state index contributed by atoms with van der Waals surface area (Å²) < 4.78 is 7.71. The largest absolute Gasteiger partial charge is 0.147 e. The number of anilines is 1. The van der Waals surface area contributed by atoms with E-state index in [9.17, 15) is 0 Å². The fourth-order valence-electron chi connectivity index (χ4n) is 8.38. The molecule has 0 N–H and O–H groups in total. The topological polar surface area (TPSA) is 3.24 Å². The summed E-state index contributed by atoms with van der Waals surface area (Å²) in [7, 11) is 0. The third-order valence-corrected chi connectivity index (χ3v) is 26.6. The first kappa shape index (κ1) is 35.9. The second-order valence-electron chi connectivity index (χ2n) is 15.8. The van der Waals surface area contributed by atoms with Gasteiger partial charge >= 0.3 is 265 Å². The number of hydrogen-bond donors (Lipinski definition) is 0. The summed E-state index contributed by atoms with van der Waals surface area (Å²) in [6.07, 6.45) is 7.69. The van der Waals surface area contributed by atoms with Crippen molar-refractivity contribution in [1.82, 2.24) is 0 Å². The van der Waals surface area contributed by atoms with E-state index in [0.717, 1.165) is 0 Å². The van der Waals surface area contributed by atoms with E-state index in [1.165, 1.54) is 44.8 Å². The van der Waals surface area contributed by atoms with E-state index in [1.807, 2.05) is 0 Å². The Morgan fingerprint density at radius 2 is 1.47 bits per heavy atom. The molecule has 1 nitrogen and oxygen atoms in total. The van der Waals surface area contributed by atoms with E-state index in [1.54, 1.807) is 20.0 Å². The quantitative estimate of drug-likeness (QED) is 0.236. The van der Waals surface area contributed by atoms with Crippen molar-refractivity contribution in [1.29, 1.82) is 0 Å². The van der Waals surface area contributed by atoms with Gasteiger partial charge in [-0.1, -0.05) is 0 Å². The number of aryl methyl sites for hydroxylation is 1. The summed E-state index contributed by atoms with van der Waals surface area (Å²) in [6, 6.07) is 25.4. The van der Waals surface area contributed by atoms with Crippen LogP contribution in [0.1, 0.15) is 74.3 Å². The van der Waals surface area contributed by atoms with Crippen LogP contribution in [0.15, 0.2) is 105 Å². The second kappa shape index (κ2) is 12.3. The van der Waals surface area contributed by atoms with E-state index in [2.05, 4.69) is 161 Å². The number of allylic oxidation sites excluding steroid dienone is 4. The standard InChI is InChI=1S/C21H23.C17H18N.2CH3.2ClH.H2Si.Zr/c1-14-12-19-15(2)6-11-18(20(19)13-14)16-7-9-17(10-8-16)21(3,4)5;1-12(2)14-10-15-9-13(3)18(17(15)11-14)16-7-5-4-6-8-16;;;;;;/h6-13H,1-5H3;4-9,11-13H,1-3H3;2*1H3;2*1H;1H2;. The Morgan fingerprint density at radius 1 is 0.844 bits per heavy atom. The molecule has 2 atom stereocenters. The number of para-hydroxylation sites is 1. The predicted molar refractivity (Wildman–Crippen MR) is 203 cm³/mol. The monoisotopic (exact) mass is 733 g/mol. The summed E-state index contributed by atoms with van der Waals surface area (Å²) in [5.74, 6) is 0.485. The molecular weight excluding hydrogens is 685 g/mol. The Bertz CT molecular complexity index is 1830. The van der Waals surface area contributed by atoms with Gasteiger partial charge in [-0.3, -0.25) is 0 Å². The Labute approximate surface area is 287 Å². The average molecular weight is 736 g/mol. The molecule has 1 aliphatic heterocycles. The van der Waals surface area contributed by atoms with Gasteiger partial charge in [0, 0.05) is 0 Å². The zero-order valence-electron chi connectivity index (χ0n) is 28.8. The first-order valence-corrected chi connectivity index (χ1v) is 29.6. The molecule has 3 aromatic rings. The van der Waals surface area contributed by atoms with Gasteiger partial charge in [0.05, 0.1) is 0 Å². The molecule has 0 saturated heterocycles. The Hall–Kier alpha value is -1.90. The molecular formula is C40H51Cl2NSiZr. The Balaban J connectivity index is 0.00000230. The van der Waals surface area contributed by atoms with Crippen LogP contribution in [-0.2, 0) is 22.8 Å². The minimum atomic E-state index is -3.74. The van der Waals surface area contributed by atoms with Gasteiger partial charge < -0.3 is 0 Å². The van der Waals surface area contributed by atoms with Crippen LogP contribution in [-0.4, -0.2) is 12.9 Å². The number of fused-ring (bicyclic) bond motifs is 2. The first-order chi connectivity index (χ1) is 20.1. The number of hydrogen-bond acceptors (Lipinski definition) is 1. The van der Waals surface area contributed by atoms with Gasteiger partial charge in [0.1, 0.15) is 0 Å². The summed E-state index contributed by atoms with van der Waals surface area (Å²) in [5.41, 5.74) is 16.1. The fourth-order valence-corrected chi connectivity index (χ4v) is 27.5. The van der Waals surface area contributed by atoms with Gasteiger partial charge in [0.25, 0.3) is 0 Å². The van der Waals surface area contributed by atoms with E-state index >= 15 is 0 Å². The van der Waals surface area contributed by atoms with Crippen LogP contribution in [0, 0.1) is 12.8 Å². The normalized spacial score (nSPS) is 19.5. The number of nitrogens with zero attached hydrogens (tertiary/aromatic N) is 1. The van der Waals surface area contributed by atoms with Crippen LogP contribution < -0.4 is 4.90 Å². The maximum atomic E-state index is 2.74. The molecule has 0 fully saturated rings. The molecule has 0 spiro atoms. The summed E-state index contributed by atoms with van der Waals surface area (Å²) in [5, 5.41) is 0. The van der Waals surface area contributed by atoms with Crippen LogP contribution in [0.5, 0.6) is 0 Å². The maximum absolute atomic E-state index is 3.74. The van der Waals surface area contributed by atoms with E-state index in [-0.39, 0.29) is 30.2 Å². The second-order valence-corrected chi connectivity index (χ2v) is 45.1. The SMILES string of the molecule is CC1=Cc2c(-c3ccc(C(C)(C)C)cc3)ccc(C)c2[CH]1[Zr]([CH3])([CH3])(=[SiH2])[C]1=C(C(C)C)C=C2C1=CC(C)N2c1ccccc1.Cl.Cl. The molecule has 0 radical (unpaired) electrons. The number of rotatable bonds is 5. The van der Waals surface area contributed by atoms with Crippen molar-refractivity contribution in [2.24, 2.45) is 5.92 Å². The number of benzene rings is 3. The number of halogens is 2. The Morgan fingerprint density at radius 3 is 2.04 bits per heavy atom. The molecule has 0 aromatic heterocycles.